The van der Waals surface area contributed by atoms with Crippen LogP contribution in [0.3, 0.4) is 0 Å². The van der Waals surface area contributed by atoms with Gasteiger partial charge >= 0.3 is 0 Å². The maximum Gasteiger partial charge on any atom is 0.275 e. The zero-order valence-electron chi connectivity index (χ0n) is 17.0. The molecule has 0 spiro atoms. The van der Waals surface area contributed by atoms with E-state index in [9.17, 15) is 9.90 Å². The van der Waals surface area contributed by atoms with Gasteiger partial charge in [-0.25, -0.2) is 0 Å². The largest absolute Gasteiger partial charge is 0.393 e. The molecule has 2 aliphatic rings. The molecule has 1 N–H and O–H groups in total. The Morgan fingerprint density at radius 1 is 1.17 bits per heavy atom. The molecule has 4 rings (SSSR count). The first-order chi connectivity index (χ1) is 14.2. The van der Waals surface area contributed by atoms with Gasteiger partial charge in [-0.15, -0.1) is 0 Å². The molecule has 3 heterocycles. The van der Waals surface area contributed by atoms with Crippen LogP contribution in [0.5, 0.6) is 0 Å². The molecule has 1 aromatic heterocycles. The highest BCUT2D eigenvalue weighted by Crippen LogP contribution is 2.32. The lowest BCUT2D eigenvalue weighted by molar-refractivity contribution is -0.0772. The summed E-state index contributed by atoms with van der Waals surface area (Å²) >= 11 is 0. The van der Waals surface area contributed by atoms with Crippen molar-refractivity contribution in [3.8, 4) is 0 Å². The lowest BCUT2D eigenvalue weighted by Gasteiger charge is -2.43. The molecule has 2 aliphatic heterocycles. The lowest BCUT2D eigenvalue weighted by atomic mass is 9.96. The monoisotopic (exact) mass is 398 g/mol. The van der Waals surface area contributed by atoms with Gasteiger partial charge in [-0.3, -0.25) is 9.48 Å². The van der Waals surface area contributed by atoms with Crippen molar-refractivity contribution in [3.05, 3.63) is 53.9 Å². The number of benzene rings is 1. The first-order valence-corrected chi connectivity index (χ1v) is 10.6. The Labute approximate surface area is 171 Å². The number of aliphatic hydroxyl groups excluding tert-OH is 1. The van der Waals surface area contributed by atoms with Gasteiger partial charge in [0.1, 0.15) is 5.69 Å². The smallest absolute Gasteiger partial charge is 0.275 e. The van der Waals surface area contributed by atoms with E-state index in [-0.39, 0.29) is 24.2 Å². The van der Waals surface area contributed by atoms with Crippen molar-refractivity contribution < 1.29 is 14.6 Å². The first-order valence-electron chi connectivity index (χ1n) is 10.6. The van der Waals surface area contributed by atoms with Crippen LogP contribution in [0, 0.1) is 0 Å². The molecule has 2 atom stereocenters. The quantitative estimate of drug-likeness (QED) is 0.834. The fourth-order valence-electron chi connectivity index (χ4n) is 4.31. The molecule has 0 radical (unpaired) electrons. The van der Waals surface area contributed by atoms with E-state index < -0.39 is 0 Å². The third kappa shape index (κ3) is 4.52. The highest BCUT2D eigenvalue weighted by Gasteiger charge is 2.38. The summed E-state index contributed by atoms with van der Waals surface area (Å²) < 4.78 is 7.97. The average molecular weight is 399 g/mol. The Morgan fingerprint density at radius 3 is 2.62 bits per heavy atom. The number of likely N-dealkylation sites (tertiary alicyclic amines) is 1. The van der Waals surface area contributed by atoms with Crippen molar-refractivity contribution in [1.82, 2.24) is 19.6 Å². The number of carbonyl (C=O) groups excluding carboxylic acids is 1. The molecule has 1 amide bonds. The predicted molar refractivity (Wildman–Crippen MR) is 110 cm³/mol. The second-order valence-electron chi connectivity index (χ2n) is 7.85. The minimum atomic E-state index is -0.199. The summed E-state index contributed by atoms with van der Waals surface area (Å²) in [7, 11) is 0. The minimum Gasteiger partial charge on any atom is -0.393 e. The van der Waals surface area contributed by atoms with Gasteiger partial charge in [-0.05, 0) is 31.4 Å². The summed E-state index contributed by atoms with van der Waals surface area (Å²) in [6.45, 7) is 6.28. The number of rotatable bonds is 5. The number of hydrogen-bond donors (Lipinski definition) is 1. The Hall–Kier alpha value is -2.22. The number of morpholine rings is 1. The van der Waals surface area contributed by atoms with E-state index in [2.05, 4.69) is 22.1 Å². The molecular formula is C22H30N4O3. The van der Waals surface area contributed by atoms with Gasteiger partial charge in [-0.2, -0.15) is 5.10 Å². The van der Waals surface area contributed by atoms with Crippen molar-refractivity contribution in [2.75, 3.05) is 32.8 Å². The second kappa shape index (κ2) is 9.07. The third-order valence-corrected chi connectivity index (χ3v) is 5.93. The number of hydrogen-bond acceptors (Lipinski definition) is 5. The Balaban J connectivity index is 1.58. The fraction of sp³-hybridized carbons (Fsp3) is 0.545. The minimum absolute atomic E-state index is 0.0478. The van der Waals surface area contributed by atoms with Crippen molar-refractivity contribution in [3.63, 3.8) is 0 Å². The standard InChI is InChI=1S/C22H30N4O3/c1-2-25-13-10-19(23-25)22(28)26-14-15-29-20(16-24-11-8-18(27)9-12-24)21(26)17-6-4-3-5-7-17/h3-7,10,13,18,20-21,27H,2,8-9,11-12,14-16H2,1H3/t20-,21-/m0/s1. The highest BCUT2D eigenvalue weighted by molar-refractivity contribution is 5.92. The molecule has 2 aromatic rings. The van der Waals surface area contributed by atoms with Crippen molar-refractivity contribution in [2.24, 2.45) is 0 Å². The van der Waals surface area contributed by atoms with E-state index in [1.807, 2.05) is 36.2 Å². The molecule has 7 heteroatoms. The average Bonchev–Trinajstić information content (AvgIpc) is 3.25. The summed E-state index contributed by atoms with van der Waals surface area (Å²) in [6, 6.07) is 11.8. The van der Waals surface area contributed by atoms with Crippen LogP contribution in [0.1, 0.15) is 41.9 Å². The Morgan fingerprint density at radius 2 is 1.93 bits per heavy atom. The van der Waals surface area contributed by atoms with Crippen LogP contribution < -0.4 is 0 Å². The number of aromatic nitrogens is 2. The number of aliphatic hydroxyl groups is 1. The van der Waals surface area contributed by atoms with Crippen LogP contribution >= 0.6 is 0 Å². The second-order valence-corrected chi connectivity index (χ2v) is 7.85. The van der Waals surface area contributed by atoms with Crippen LogP contribution in [0.4, 0.5) is 0 Å². The van der Waals surface area contributed by atoms with Crippen LogP contribution in [-0.4, -0.2) is 75.6 Å². The number of nitrogens with zero attached hydrogens (tertiary/aromatic N) is 4. The molecule has 0 unspecified atom stereocenters. The Bertz CT molecular complexity index is 801. The Kier molecular flexibility index (Phi) is 6.28. The van der Waals surface area contributed by atoms with Crippen molar-refractivity contribution in [2.45, 2.75) is 44.6 Å². The number of piperidine rings is 1. The van der Waals surface area contributed by atoms with Gasteiger partial charge in [0, 0.05) is 38.9 Å². The number of carbonyl (C=O) groups is 1. The molecule has 0 aliphatic carbocycles. The molecule has 29 heavy (non-hydrogen) atoms. The molecule has 2 saturated heterocycles. The normalized spacial score (nSPS) is 24.0. The highest BCUT2D eigenvalue weighted by atomic mass is 16.5. The molecule has 0 saturated carbocycles. The summed E-state index contributed by atoms with van der Waals surface area (Å²) in [6.07, 6.45) is 3.12. The van der Waals surface area contributed by atoms with Gasteiger partial charge < -0.3 is 19.6 Å². The van der Waals surface area contributed by atoms with Crippen molar-refractivity contribution >= 4 is 5.91 Å². The van der Waals surface area contributed by atoms with Gasteiger partial charge in [0.25, 0.3) is 5.91 Å². The molecular weight excluding hydrogens is 368 g/mol. The third-order valence-electron chi connectivity index (χ3n) is 5.93. The molecule has 0 bridgehead atoms. The topological polar surface area (TPSA) is 70.8 Å². The molecule has 156 valence electrons. The van der Waals surface area contributed by atoms with E-state index in [0.29, 0.717) is 18.8 Å². The van der Waals surface area contributed by atoms with Gasteiger partial charge in [0.2, 0.25) is 0 Å². The van der Waals surface area contributed by atoms with Crippen LogP contribution in [-0.2, 0) is 11.3 Å². The van der Waals surface area contributed by atoms with E-state index in [4.69, 9.17) is 4.74 Å². The zero-order valence-corrected chi connectivity index (χ0v) is 17.0. The number of amides is 1. The van der Waals surface area contributed by atoms with Crippen LogP contribution in [0.25, 0.3) is 0 Å². The molecule has 2 fully saturated rings. The zero-order chi connectivity index (χ0) is 20.2. The maximum absolute atomic E-state index is 13.3. The summed E-state index contributed by atoms with van der Waals surface area (Å²) in [4.78, 5) is 17.6. The summed E-state index contributed by atoms with van der Waals surface area (Å²) in [5, 5.41) is 14.2. The van der Waals surface area contributed by atoms with E-state index >= 15 is 0 Å². The SMILES string of the molecule is CCn1ccc(C(=O)N2CCO[C@@H](CN3CCC(O)CC3)[C@@H]2c2ccccc2)n1. The summed E-state index contributed by atoms with van der Waals surface area (Å²) in [5.41, 5.74) is 1.56. The van der Waals surface area contributed by atoms with Crippen molar-refractivity contribution in [1.29, 1.82) is 0 Å². The molecule has 7 nitrogen and oxygen atoms in total. The van der Waals surface area contributed by atoms with E-state index in [1.54, 1.807) is 10.7 Å². The summed E-state index contributed by atoms with van der Waals surface area (Å²) in [5.74, 6) is -0.0478. The van der Waals surface area contributed by atoms with Crippen LogP contribution in [0.2, 0.25) is 0 Å². The maximum atomic E-state index is 13.3. The fourth-order valence-corrected chi connectivity index (χ4v) is 4.31. The first kappa shape index (κ1) is 20.1. The van der Waals surface area contributed by atoms with E-state index in [1.165, 1.54) is 0 Å². The lowest BCUT2D eigenvalue weighted by Crippen LogP contribution is -2.53. The van der Waals surface area contributed by atoms with Gasteiger partial charge in [0.05, 0.1) is 24.9 Å². The van der Waals surface area contributed by atoms with Gasteiger partial charge in [0.15, 0.2) is 0 Å². The van der Waals surface area contributed by atoms with Crippen LogP contribution in [0.15, 0.2) is 42.6 Å². The number of aryl methyl sites for hydroxylation is 1. The van der Waals surface area contributed by atoms with Gasteiger partial charge in [-0.1, -0.05) is 30.3 Å². The van der Waals surface area contributed by atoms with E-state index in [0.717, 1.165) is 44.6 Å². The predicted octanol–water partition coefficient (Wildman–Crippen LogP) is 1.94. The molecule has 1 aromatic carbocycles. The number of ether oxygens (including phenoxy) is 1.